The Labute approximate surface area is 216 Å². The number of hydrogen-bond acceptors (Lipinski definition) is 4. The molecule has 3 aromatic rings. The van der Waals surface area contributed by atoms with Gasteiger partial charge < -0.3 is 14.7 Å². The molecule has 2 aromatic carbocycles. The summed E-state index contributed by atoms with van der Waals surface area (Å²) in [5.74, 6) is -1.33. The first-order valence-electron chi connectivity index (χ1n) is 12.3. The number of para-hydroxylation sites is 1. The van der Waals surface area contributed by atoms with Gasteiger partial charge in [0.15, 0.2) is 5.82 Å². The van der Waals surface area contributed by atoms with Gasteiger partial charge in [-0.1, -0.05) is 38.1 Å². The van der Waals surface area contributed by atoms with E-state index in [-0.39, 0.29) is 41.9 Å². The van der Waals surface area contributed by atoms with E-state index >= 15 is 4.39 Å². The van der Waals surface area contributed by atoms with Crippen LogP contribution in [0.5, 0.6) is 5.88 Å². The number of pyridine rings is 1. The minimum atomic E-state index is -4.58. The lowest BCUT2D eigenvalue weighted by Crippen LogP contribution is -2.36. The minimum Gasteiger partial charge on any atom is -0.478 e. The number of carboxylic acids is 1. The number of halogens is 4. The molecule has 5 nitrogen and oxygen atoms in total. The van der Waals surface area contributed by atoms with E-state index in [1.54, 1.807) is 24.4 Å². The van der Waals surface area contributed by atoms with Crippen molar-refractivity contribution in [2.75, 3.05) is 11.4 Å². The Morgan fingerprint density at radius 1 is 1.21 bits per heavy atom. The van der Waals surface area contributed by atoms with Crippen LogP contribution in [0, 0.1) is 11.7 Å². The third kappa shape index (κ3) is 3.83. The number of alkyl halides is 3. The van der Waals surface area contributed by atoms with Crippen molar-refractivity contribution in [2.24, 2.45) is 5.92 Å². The van der Waals surface area contributed by atoms with E-state index in [1.165, 1.54) is 23.1 Å². The second-order valence-electron chi connectivity index (χ2n) is 10.6. The zero-order valence-corrected chi connectivity index (χ0v) is 20.7. The summed E-state index contributed by atoms with van der Waals surface area (Å²) in [5.41, 5.74) is 2.65. The van der Waals surface area contributed by atoms with Crippen molar-refractivity contribution in [1.29, 1.82) is 0 Å². The number of ether oxygens (including phenoxy) is 1. The Morgan fingerprint density at radius 2 is 1.97 bits per heavy atom. The molecule has 1 atom stereocenters. The highest BCUT2D eigenvalue weighted by Gasteiger charge is 2.48. The maximum absolute atomic E-state index is 16.1. The van der Waals surface area contributed by atoms with E-state index in [0.717, 1.165) is 22.8 Å². The van der Waals surface area contributed by atoms with E-state index < -0.39 is 28.9 Å². The Kier molecular flexibility index (Phi) is 5.35. The molecule has 2 aliphatic carbocycles. The molecule has 1 N–H and O–H groups in total. The fourth-order valence-electron chi connectivity index (χ4n) is 5.76. The van der Waals surface area contributed by atoms with Crippen molar-refractivity contribution in [3.05, 3.63) is 87.9 Å². The van der Waals surface area contributed by atoms with Gasteiger partial charge in [0.25, 0.3) is 0 Å². The fraction of sp³-hybridized carbons (Fsp3) is 0.310. The van der Waals surface area contributed by atoms with Crippen molar-refractivity contribution in [3.63, 3.8) is 0 Å². The second kappa shape index (κ2) is 8.31. The van der Waals surface area contributed by atoms with Crippen LogP contribution in [0.3, 0.4) is 0 Å². The number of aromatic nitrogens is 1. The number of carboxylic acid groups (broad SMARTS) is 1. The highest BCUT2D eigenvalue weighted by atomic mass is 19.4. The van der Waals surface area contributed by atoms with Crippen molar-refractivity contribution >= 4 is 22.9 Å². The summed E-state index contributed by atoms with van der Waals surface area (Å²) in [6.07, 6.45) is -1.87. The highest BCUT2D eigenvalue weighted by molar-refractivity contribution is 6.11. The van der Waals surface area contributed by atoms with E-state index in [1.807, 2.05) is 13.8 Å². The van der Waals surface area contributed by atoms with Crippen LogP contribution in [-0.2, 0) is 29.4 Å². The number of allylic oxidation sites excluding steroid dienone is 1. The van der Waals surface area contributed by atoms with Gasteiger partial charge in [-0.2, -0.15) is 13.2 Å². The maximum Gasteiger partial charge on any atom is 0.418 e. The molecule has 1 aromatic heterocycles. The molecule has 1 aliphatic heterocycles. The van der Waals surface area contributed by atoms with E-state index in [4.69, 9.17) is 4.74 Å². The number of benzene rings is 2. The zero-order chi connectivity index (χ0) is 27.0. The summed E-state index contributed by atoms with van der Waals surface area (Å²) >= 11 is 0. The third-order valence-electron chi connectivity index (χ3n) is 7.84. The number of carbonyl (C=O) groups is 1. The number of nitrogens with zero attached hydrogens (tertiary/aromatic N) is 2. The zero-order valence-electron chi connectivity index (χ0n) is 20.7. The van der Waals surface area contributed by atoms with Gasteiger partial charge >= 0.3 is 12.1 Å². The van der Waals surface area contributed by atoms with Crippen LogP contribution < -0.4 is 9.64 Å². The van der Waals surface area contributed by atoms with Crippen molar-refractivity contribution < 1.29 is 32.2 Å². The highest BCUT2D eigenvalue weighted by Crippen LogP contribution is 2.55. The van der Waals surface area contributed by atoms with E-state index in [2.05, 4.69) is 4.98 Å². The van der Waals surface area contributed by atoms with Crippen LogP contribution in [0.2, 0.25) is 0 Å². The van der Waals surface area contributed by atoms with Crippen LogP contribution in [0.1, 0.15) is 48.1 Å². The summed E-state index contributed by atoms with van der Waals surface area (Å²) in [4.78, 5) is 17.0. The molecule has 0 fully saturated rings. The largest absolute Gasteiger partial charge is 0.478 e. The Hall–Kier alpha value is -3.88. The molecule has 1 unspecified atom stereocenters. The predicted octanol–water partition coefficient (Wildman–Crippen LogP) is 6.66. The molecule has 0 saturated heterocycles. The summed E-state index contributed by atoms with van der Waals surface area (Å²) in [6, 6.07) is 10.3. The molecule has 3 aliphatic rings. The van der Waals surface area contributed by atoms with E-state index in [0.29, 0.717) is 24.0 Å². The van der Waals surface area contributed by atoms with Crippen LogP contribution >= 0.6 is 0 Å². The fourth-order valence-corrected chi connectivity index (χ4v) is 5.76. The topological polar surface area (TPSA) is 62.7 Å². The number of aliphatic carboxylic acids is 1. The van der Waals surface area contributed by atoms with Gasteiger partial charge in [0.05, 0.1) is 16.9 Å². The first-order chi connectivity index (χ1) is 18.0. The lowest BCUT2D eigenvalue weighted by molar-refractivity contribution is -0.137. The SMILES string of the molecule is CC1(C)CCN(c2ccccc2C(F)(F)F)c2c1ccc(COc1cc3c(cn1)C1=C(C(=O)O)C1C3)c2F. The molecule has 2 heterocycles. The molecular weight excluding hydrogens is 500 g/mol. The van der Waals surface area contributed by atoms with Crippen LogP contribution in [0.4, 0.5) is 28.9 Å². The summed E-state index contributed by atoms with van der Waals surface area (Å²) in [6.45, 7) is 3.99. The van der Waals surface area contributed by atoms with Crippen molar-refractivity contribution in [2.45, 2.75) is 44.9 Å². The van der Waals surface area contributed by atoms with Gasteiger partial charge in [-0.15, -0.1) is 0 Å². The van der Waals surface area contributed by atoms with Gasteiger partial charge in [-0.05, 0) is 47.1 Å². The molecule has 9 heteroatoms. The first-order valence-corrected chi connectivity index (χ1v) is 12.3. The maximum atomic E-state index is 16.1. The van der Waals surface area contributed by atoms with Gasteiger partial charge in [0, 0.05) is 41.4 Å². The molecule has 196 valence electrons. The van der Waals surface area contributed by atoms with Gasteiger partial charge in [-0.3, -0.25) is 0 Å². The number of rotatable bonds is 5. The van der Waals surface area contributed by atoms with Crippen LogP contribution in [0.25, 0.3) is 5.57 Å². The standard InChI is InChI=1S/C29H24F4N2O3/c1-28(2)9-10-35(21-6-4-3-5-19(21)29(31,32)33)26-20(28)8-7-15(25(26)30)14-38-22-12-16-11-17-23(18(16)13-34-22)24(17)27(36)37/h3-8,12-13,17H,9-11,14H2,1-2H3,(H,36,37). The van der Waals surface area contributed by atoms with Gasteiger partial charge in [0.2, 0.25) is 5.88 Å². The molecule has 0 spiro atoms. The molecular formula is C29H24F4N2O3. The lowest BCUT2D eigenvalue weighted by Gasteiger charge is -2.41. The second-order valence-corrected chi connectivity index (χ2v) is 10.6. The number of anilines is 2. The Balaban J connectivity index is 1.32. The Morgan fingerprint density at radius 3 is 2.71 bits per heavy atom. The van der Waals surface area contributed by atoms with Crippen LogP contribution in [0.15, 0.2) is 54.2 Å². The van der Waals surface area contributed by atoms with Crippen molar-refractivity contribution in [1.82, 2.24) is 4.98 Å². The smallest absolute Gasteiger partial charge is 0.418 e. The monoisotopic (exact) mass is 524 g/mol. The van der Waals surface area contributed by atoms with Gasteiger partial charge in [0.1, 0.15) is 6.61 Å². The average Bonchev–Trinajstić information content (AvgIpc) is 3.46. The third-order valence-corrected chi connectivity index (χ3v) is 7.84. The van der Waals surface area contributed by atoms with Crippen LogP contribution in [-0.4, -0.2) is 22.6 Å². The normalized spacial score (nSPS) is 19.1. The minimum absolute atomic E-state index is 0.0773. The quantitative estimate of drug-likeness (QED) is 0.378. The lowest BCUT2D eigenvalue weighted by atomic mass is 9.77. The number of hydrogen-bond donors (Lipinski definition) is 1. The summed E-state index contributed by atoms with van der Waals surface area (Å²) in [5, 5.41) is 9.24. The molecule has 38 heavy (non-hydrogen) atoms. The molecule has 0 saturated carbocycles. The van der Waals surface area contributed by atoms with Gasteiger partial charge in [-0.25, -0.2) is 14.2 Å². The van der Waals surface area contributed by atoms with E-state index in [9.17, 15) is 23.1 Å². The first kappa shape index (κ1) is 24.5. The predicted molar refractivity (Wildman–Crippen MR) is 133 cm³/mol. The molecule has 0 amide bonds. The summed E-state index contributed by atoms with van der Waals surface area (Å²) in [7, 11) is 0. The molecule has 0 radical (unpaired) electrons. The number of fused-ring (bicyclic) bond motifs is 4. The Bertz CT molecular complexity index is 1530. The molecule has 0 bridgehead atoms. The average molecular weight is 525 g/mol. The summed E-state index contributed by atoms with van der Waals surface area (Å²) < 4.78 is 63.3. The van der Waals surface area contributed by atoms with Crippen molar-refractivity contribution in [3.8, 4) is 5.88 Å². The molecule has 6 rings (SSSR count).